The smallest absolute Gasteiger partial charge is 0.154 e. The van der Waals surface area contributed by atoms with E-state index in [1.807, 2.05) is 32.0 Å². The zero-order chi connectivity index (χ0) is 12.4. The predicted octanol–water partition coefficient (Wildman–Crippen LogP) is 3.07. The molecule has 0 aliphatic heterocycles. The van der Waals surface area contributed by atoms with Gasteiger partial charge >= 0.3 is 0 Å². The lowest BCUT2D eigenvalue weighted by Gasteiger charge is -2.13. The van der Waals surface area contributed by atoms with E-state index in [1.54, 1.807) is 0 Å². The first-order valence-electron chi connectivity index (χ1n) is 5.19. The third kappa shape index (κ3) is 2.31. The van der Waals surface area contributed by atoms with E-state index >= 15 is 0 Å². The molecule has 0 unspecified atom stereocenters. The molecule has 5 heteroatoms. The van der Waals surface area contributed by atoms with Gasteiger partial charge in [-0.2, -0.15) is 0 Å². The van der Waals surface area contributed by atoms with E-state index in [2.05, 4.69) is 15.3 Å². The summed E-state index contributed by atoms with van der Waals surface area (Å²) in [6.07, 6.45) is 1.39. The molecule has 1 aromatic carbocycles. The van der Waals surface area contributed by atoms with Crippen molar-refractivity contribution < 1.29 is 0 Å². The van der Waals surface area contributed by atoms with E-state index < -0.39 is 0 Å². The highest BCUT2D eigenvalue weighted by Crippen LogP contribution is 2.29. The molecule has 0 fully saturated rings. The lowest BCUT2D eigenvalue weighted by Crippen LogP contribution is -2.02. The molecule has 0 radical (unpaired) electrons. The maximum atomic E-state index is 6.04. The van der Waals surface area contributed by atoms with Crippen molar-refractivity contribution in [2.24, 2.45) is 0 Å². The zero-order valence-corrected chi connectivity index (χ0v) is 10.4. The van der Waals surface area contributed by atoms with Gasteiger partial charge in [-0.05, 0) is 25.0 Å². The standard InChI is InChI=1S/C12H13ClN4/c1-7-4-3-5-8(2)10(7)17-12-9(13)11(14)15-6-16-12/h3-6H,1-2H3,(H3,14,15,16,17). The Balaban J connectivity index is 2.42. The molecule has 2 rings (SSSR count). The average molecular weight is 249 g/mol. The number of nitrogen functional groups attached to an aromatic ring is 1. The third-order valence-electron chi connectivity index (χ3n) is 2.54. The molecule has 0 aliphatic carbocycles. The van der Waals surface area contributed by atoms with Crippen LogP contribution in [0.15, 0.2) is 24.5 Å². The molecule has 0 atom stereocenters. The minimum atomic E-state index is 0.274. The minimum Gasteiger partial charge on any atom is -0.382 e. The lowest BCUT2D eigenvalue weighted by atomic mass is 10.1. The molecule has 88 valence electrons. The number of hydrogen-bond donors (Lipinski definition) is 2. The van der Waals surface area contributed by atoms with Gasteiger partial charge in [-0.1, -0.05) is 29.8 Å². The van der Waals surface area contributed by atoms with Crippen LogP contribution in [-0.4, -0.2) is 9.97 Å². The van der Waals surface area contributed by atoms with E-state index in [0.29, 0.717) is 10.8 Å². The van der Waals surface area contributed by atoms with Crippen molar-refractivity contribution in [3.63, 3.8) is 0 Å². The van der Waals surface area contributed by atoms with Crippen molar-refractivity contribution in [1.29, 1.82) is 0 Å². The number of hydrogen-bond acceptors (Lipinski definition) is 4. The Morgan fingerprint density at radius 3 is 2.47 bits per heavy atom. The van der Waals surface area contributed by atoms with Crippen molar-refractivity contribution in [2.75, 3.05) is 11.1 Å². The normalized spacial score (nSPS) is 10.3. The predicted molar refractivity (Wildman–Crippen MR) is 70.7 cm³/mol. The molecule has 0 saturated heterocycles. The highest BCUT2D eigenvalue weighted by Gasteiger charge is 2.09. The summed E-state index contributed by atoms with van der Waals surface area (Å²) in [7, 11) is 0. The van der Waals surface area contributed by atoms with Crippen LogP contribution in [0.1, 0.15) is 11.1 Å². The minimum absolute atomic E-state index is 0.274. The molecular weight excluding hydrogens is 236 g/mol. The van der Waals surface area contributed by atoms with Gasteiger partial charge in [-0.3, -0.25) is 0 Å². The number of benzene rings is 1. The number of nitrogens with two attached hydrogens (primary N) is 1. The van der Waals surface area contributed by atoms with Crippen LogP contribution < -0.4 is 11.1 Å². The van der Waals surface area contributed by atoms with Gasteiger partial charge < -0.3 is 11.1 Å². The Morgan fingerprint density at radius 2 is 1.82 bits per heavy atom. The van der Waals surface area contributed by atoms with Gasteiger partial charge in [0, 0.05) is 5.69 Å². The monoisotopic (exact) mass is 248 g/mol. The Kier molecular flexibility index (Phi) is 3.15. The Labute approximate surface area is 105 Å². The summed E-state index contributed by atoms with van der Waals surface area (Å²) < 4.78 is 0. The van der Waals surface area contributed by atoms with Gasteiger partial charge in [0.25, 0.3) is 0 Å². The number of halogens is 1. The third-order valence-corrected chi connectivity index (χ3v) is 2.91. The van der Waals surface area contributed by atoms with Crippen LogP contribution >= 0.6 is 11.6 Å². The van der Waals surface area contributed by atoms with Crippen LogP contribution in [0.4, 0.5) is 17.3 Å². The van der Waals surface area contributed by atoms with E-state index in [-0.39, 0.29) is 5.82 Å². The summed E-state index contributed by atoms with van der Waals surface area (Å²) in [6.45, 7) is 4.04. The highest BCUT2D eigenvalue weighted by molar-refractivity contribution is 6.35. The molecule has 0 bridgehead atoms. The second-order valence-corrected chi connectivity index (χ2v) is 4.19. The number of anilines is 3. The SMILES string of the molecule is Cc1cccc(C)c1Nc1ncnc(N)c1Cl. The number of nitrogens with one attached hydrogen (secondary N) is 1. The summed E-state index contributed by atoms with van der Waals surface area (Å²) in [5, 5.41) is 3.53. The van der Waals surface area contributed by atoms with Crippen LogP contribution in [0.25, 0.3) is 0 Å². The van der Waals surface area contributed by atoms with E-state index in [1.165, 1.54) is 6.33 Å². The molecule has 1 heterocycles. The van der Waals surface area contributed by atoms with Gasteiger partial charge in [-0.25, -0.2) is 9.97 Å². The van der Waals surface area contributed by atoms with E-state index in [9.17, 15) is 0 Å². The van der Waals surface area contributed by atoms with E-state index in [4.69, 9.17) is 17.3 Å². The first-order valence-corrected chi connectivity index (χ1v) is 5.56. The van der Waals surface area contributed by atoms with Crippen molar-refractivity contribution in [1.82, 2.24) is 9.97 Å². The number of para-hydroxylation sites is 1. The molecule has 0 aliphatic rings. The second-order valence-electron chi connectivity index (χ2n) is 3.81. The molecule has 3 N–H and O–H groups in total. The highest BCUT2D eigenvalue weighted by atomic mass is 35.5. The maximum Gasteiger partial charge on any atom is 0.154 e. The topological polar surface area (TPSA) is 63.8 Å². The fourth-order valence-corrected chi connectivity index (χ4v) is 1.75. The number of aryl methyl sites for hydroxylation is 2. The largest absolute Gasteiger partial charge is 0.382 e. The quantitative estimate of drug-likeness (QED) is 0.857. The van der Waals surface area contributed by atoms with Crippen LogP contribution in [0, 0.1) is 13.8 Å². The number of aromatic nitrogens is 2. The van der Waals surface area contributed by atoms with Gasteiger partial charge in [0.15, 0.2) is 5.82 Å². The Hall–Kier alpha value is -1.81. The van der Waals surface area contributed by atoms with Gasteiger partial charge in [-0.15, -0.1) is 0 Å². The number of rotatable bonds is 2. The summed E-state index contributed by atoms with van der Waals surface area (Å²) in [4.78, 5) is 7.90. The second kappa shape index (κ2) is 4.59. The van der Waals surface area contributed by atoms with Crippen molar-refractivity contribution in [3.05, 3.63) is 40.7 Å². The van der Waals surface area contributed by atoms with Gasteiger partial charge in [0.05, 0.1) is 0 Å². The molecule has 0 amide bonds. The molecule has 0 saturated carbocycles. The zero-order valence-electron chi connectivity index (χ0n) is 9.66. The molecule has 2 aromatic rings. The molecule has 0 spiro atoms. The number of nitrogens with zero attached hydrogens (tertiary/aromatic N) is 2. The van der Waals surface area contributed by atoms with Crippen molar-refractivity contribution in [3.8, 4) is 0 Å². The first-order chi connectivity index (χ1) is 8.09. The van der Waals surface area contributed by atoms with Crippen LogP contribution in [0.2, 0.25) is 5.02 Å². The summed E-state index contributed by atoms with van der Waals surface area (Å²) in [6, 6.07) is 6.05. The fraction of sp³-hybridized carbons (Fsp3) is 0.167. The Bertz CT molecular complexity index is 534. The Morgan fingerprint density at radius 1 is 1.18 bits per heavy atom. The molecular formula is C12H13ClN4. The van der Waals surface area contributed by atoms with Gasteiger partial charge in [0.2, 0.25) is 0 Å². The summed E-state index contributed by atoms with van der Waals surface area (Å²) >= 11 is 6.04. The van der Waals surface area contributed by atoms with Crippen molar-refractivity contribution >= 4 is 28.9 Å². The lowest BCUT2D eigenvalue weighted by molar-refractivity contribution is 1.17. The van der Waals surface area contributed by atoms with Crippen LogP contribution in [-0.2, 0) is 0 Å². The van der Waals surface area contributed by atoms with Crippen LogP contribution in [0.5, 0.6) is 0 Å². The molecule has 17 heavy (non-hydrogen) atoms. The average Bonchev–Trinajstić information content (AvgIpc) is 2.29. The molecule has 4 nitrogen and oxygen atoms in total. The van der Waals surface area contributed by atoms with Gasteiger partial charge in [0.1, 0.15) is 17.2 Å². The maximum absolute atomic E-state index is 6.04. The molecule has 1 aromatic heterocycles. The van der Waals surface area contributed by atoms with Crippen molar-refractivity contribution in [2.45, 2.75) is 13.8 Å². The van der Waals surface area contributed by atoms with E-state index in [0.717, 1.165) is 16.8 Å². The van der Waals surface area contributed by atoms with Crippen LogP contribution in [0.3, 0.4) is 0 Å². The first kappa shape index (κ1) is 11.7. The summed E-state index contributed by atoms with van der Waals surface area (Å²) in [5.41, 5.74) is 8.87. The summed E-state index contributed by atoms with van der Waals surface area (Å²) in [5.74, 6) is 0.798. The fourth-order valence-electron chi connectivity index (χ4n) is 1.60.